The number of carboxylic acid groups (broad SMARTS) is 1. The topological polar surface area (TPSA) is 87.0 Å². The van der Waals surface area contributed by atoms with E-state index in [0.717, 1.165) is 24.1 Å². The fourth-order valence-corrected chi connectivity index (χ4v) is 2.84. The lowest BCUT2D eigenvalue weighted by atomic mass is 9.92. The minimum atomic E-state index is -1.16. The Morgan fingerprint density at radius 1 is 1.29 bits per heavy atom. The molecule has 1 aliphatic carbocycles. The quantitative estimate of drug-likeness (QED) is 0.836. The van der Waals surface area contributed by atoms with E-state index in [1.807, 2.05) is 36.4 Å². The zero-order valence-corrected chi connectivity index (χ0v) is 13.6. The van der Waals surface area contributed by atoms with Gasteiger partial charge in [-0.25, -0.2) is 0 Å². The molecule has 3 rings (SSSR count). The highest BCUT2D eigenvalue weighted by Crippen LogP contribution is 2.40. The van der Waals surface area contributed by atoms with E-state index in [4.69, 9.17) is 0 Å². The summed E-state index contributed by atoms with van der Waals surface area (Å²) in [6.07, 6.45) is 2.19. The van der Waals surface area contributed by atoms with Gasteiger partial charge in [-0.05, 0) is 30.7 Å². The van der Waals surface area contributed by atoms with Crippen molar-refractivity contribution in [2.24, 2.45) is 7.05 Å². The van der Waals surface area contributed by atoms with Gasteiger partial charge < -0.3 is 15.2 Å². The highest BCUT2D eigenvalue weighted by molar-refractivity contribution is 5.90. The second kappa shape index (κ2) is 6.86. The second-order valence-electron chi connectivity index (χ2n) is 6.29. The maximum Gasteiger partial charge on any atom is 0.226 e. The molecular formula is C18H20N3O3-. The van der Waals surface area contributed by atoms with E-state index < -0.39 is 11.9 Å². The van der Waals surface area contributed by atoms with Crippen LogP contribution in [0.3, 0.4) is 0 Å². The van der Waals surface area contributed by atoms with Gasteiger partial charge in [0, 0.05) is 31.4 Å². The van der Waals surface area contributed by atoms with Crippen LogP contribution in [0.2, 0.25) is 0 Å². The Hall–Kier alpha value is -2.63. The van der Waals surface area contributed by atoms with Gasteiger partial charge in [0.25, 0.3) is 0 Å². The number of rotatable bonds is 7. The van der Waals surface area contributed by atoms with Crippen LogP contribution in [0.15, 0.2) is 36.4 Å². The first kappa shape index (κ1) is 16.2. The summed E-state index contributed by atoms with van der Waals surface area (Å²) in [6.45, 7) is 0. The van der Waals surface area contributed by atoms with Crippen LogP contribution in [0.1, 0.15) is 48.8 Å². The standard InChI is InChI=1S/C18H21N3O3/c1-21-16(11-15(20-21)13-7-8-13)19-17(22)9-14(10-18(23)24)12-5-3-2-4-6-12/h2-6,11,13-14H,7-10H2,1H3,(H,19,22)(H,23,24)/p-1/t14-/m0/s1. The number of benzene rings is 1. The zero-order chi connectivity index (χ0) is 17.1. The molecule has 6 nitrogen and oxygen atoms in total. The first-order valence-corrected chi connectivity index (χ1v) is 8.11. The number of carbonyl (C=O) groups excluding carboxylic acids is 2. The predicted octanol–water partition coefficient (Wildman–Crippen LogP) is 1.55. The van der Waals surface area contributed by atoms with Crippen molar-refractivity contribution in [3.63, 3.8) is 0 Å². The number of aryl methyl sites for hydroxylation is 1. The highest BCUT2D eigenvalue weighted by atomic mass is 16.4. The van der Waals surface area contributed by atoms with Gasteiger partial charge in [0.1, 0.15) is 5.82 Å². The smallest absolute Gasteiger partial charge is 0.226 e. The SMILES string of the molecule is Cn1nc(C2CC2)cc1NC(=O)C[C@@H](CC(=O)[O-])c1ccccc1. The van der Waals surface area contributed by atoms with Gasteiger partial charge in [-0.2, -0.15) is 5.10 Å². The predicted molar refractivity (Wildman–Crippen MR) is 87.2 cm³/mol. The molecule has 2 aromatic rings. The molecule has 1 heterocycles. The number of anilines is 1. The van der Waals surface area contributed by atoms with Crippen molar-refractivity contribution in [1.82, 2.24) is 9.78 Å². The maximum atomic E-state index is 12.4. The van der Waals surface area contributed by atoms with E-state index in [1.165, 1.54) is 0 Å². The zero-order valence-electron chi connectivity index (χ0n) is 13.6. The van der Waals surface area contributed by atoms with Crippen molar-refractivity contribution in [1.29, 1.82) is 0 Å². The van der Waals surface area contributed by atoms with Crippen LogP contribution in [0.5, 0.6) is 0 Å². The van der Waals surface area contributed by atoms with Crippen molar-refractivity contribution >= 4 is 17.7 Å². The molecule has 0 spiro atoms. The van der Waals surface area contributed by atoms with Crippen LogP contribution in [-0.4, -0.2) is 21.7 Å². The lowest BCUT2D eigenvalue weighted by molar-refractivity contribution is -0.306. The van der Waals surface area contributed by atoms with Crippen LogP contribution >= 0.6 is 0 Å². The number of aromatic nitrogens is 2. The summed E-state index contributed by atoms with van der Waals surface area (Å²) >= 11 is 0. The molecule has 24 heavy (non-hydrogen) atoms. The van der Waals surface area contributed by atoms with Crippen LogP contribution < -0.4 is 10.4 Å². The molecule has 1 atom stereocenters. The van der Waals surface area contributed by atoms with E-state index >= 15 is 0 Å². The van der Waals surface area contributed by atoms with Gasteiger partial charge in [0.05, 0.1) is 5.69 Å². The number of hydrogen-bond acceptors (Lipinski definition) is 4. The van der Waals surface area contributed by atoms with E-state index in [9.17, 15) is 14.7 Å². The summed E-state index contributed by atoms with van der Waals surface area (Å²) in [6, 6.07) is 11.1. The molecule has 0 aliphatic heterocycles. The average molecular weight is 326 g/mol. The number of carboxylic acids is 1. The first-order valence-electron chi connectivity index (χ1n) is 8.11. The molecule has 126 valence electrons. The number of nitrogens with one attached hydrogen (secondary N) is 1. The lowest BCUT2D eigenvalue weighted by Gasteiger charge is -2.17. The van der Waals surface area contributed by atoms with Gasteiger partial charge in [-0.1, -0.05) is 30.3 Å². The Balaban J connectivity index is 1.68. The van der Waals surface area contributed by atoms with Crippen molar-refractivity contribution in [3.8, 4) is 0 Å². The first-order chi connectivity index (χ1) is 11.5. The second-order valence-corrected chi connectivity index (χ2v) is 6.29. The van der Waals surface area contributed by atoms with Gasteiger partial charge in [-0.15, -0.1) is 0 Å². The van der Waals surface area contributed by atoms with Crippen LogP contribution in [-0.2, 0) is 16.6 Å². The summed E-state index contributed by atoms with van der Waals surface area (Å²) in [5, 5.41) is 18.2. The largest absolute Gasteiger partial charge is 0.550 e. The molecule has 1 aromatic heterocycles. The molecule has 1 amide bonds. The van der Waals surface area contributed by atoms with E-state index in [-0.39, 0.29) is 18.7 Å². The van der Waals surface area contributed by atoms with E-state index in [0.29, 0.717) is 11.7 Å². The molecule has 1 fully saturated rings. The molecule has 1 aromatic carbocycles. The summed E-state index contributed by atoms with van der Waals surface area (Å²) in [4.78, 5) is 23.4. The number of aliphatic carboxylic acids is 1. The van der Waals surface area contributed by atoms with Crippen molar-refractivity contribution < 1.29 is 14.7 Å². The third kappa shape index (κ3) is 4.01. The summed E-state index contributed by atoms with van der Waals surface area (Å²) in [5.74, 6) is -0.643. The minimum Gasteiger partial charge on any atom is -0.550 e. The number of amides is 1. The maximum absolute atomic E-state index is 12.4. The summed E-state index contributed by atoms with van der Waals surface area (Å²) in [7, 11) is 1.79. The monoisotopic (exact) mass is 326 g/mol. The van der Waals surface area contributed by atoms with Gasteiger partial charge in [-0.3, -0.25) is 9.48 Å². The van der Waals surface area contributed by atoms with Crippen molar-refractivity contribution in [3.05, 3.63) is 47.7 Å². The molecule has 0 bridgehead atoms. The Morgan fingerprint density at radius 2 is 2.00 bits per heavy atom. The Labute approximate surface area is 140 Å². The molecule has 1 N–H and O–H groups in total. The molecule has 0 radical (unpaired) electrons. The van der Waals surface area contributed by atoms with Crippen LogP contribution in [0.4, 0.5) is 5.82 Å². The molecule has 1 saturated carbocycles. The fourth-order valence-electron chi connectivity index (χ4n) is 2.84. The van der Waals surface area contributed by atoms with Crippen molar-refractivity contribution in [2.45, 2.75) is 37.5 Å². The molecule has 6 heteroatoms. The Morgan fingerprint density at radius 3 is 2.62 bits per heavy atom. The Kier molecular flexibility index (Phi) is 4.64. The normalized spacial score (nSPS) is 15.0. The average Bonchev–Trinajstić information content (AvgIpc) is 3.33. The number of nitrogens with zero attached hydrogens (tertiary/aromatic N) is 2. The summed E-state index contributed by atoms with van der Waals surface area (Å²) < 4.78 is 1.65. The molecule has 0 saturated heterocycles. The Bertz CT molecular complexity index is 735. The lowest BCUT2D eigenvalue weighted by Crippen LogP contribution is -2.26. The minimum absolute atomic E-state index is 0.0853. The van der Waals surface area contributed by atoms with Crippen LogP contribution in [0, 0.1) is 0 Å². The number of hydrogen-bond donors (Lipinski definition) is 1. The molecule has 1 aliphatic rings. The fraction of sp³-hybridized carbons (Fsp3) is 0.389. The van der Waals surface area contributed by atoms with Gasteiger partial charge in [0.15, 0.2) is 0 Å². The molecular weight excluding hydrogens is 306 g/mol. The number of carbonyl (C=O) groups is 2. The van der Waals surface area contributed by atoms with E-state index in [2.05, 4.69) is 10.4 Å². The third-order valence-corrected chi connectivity index (χ3v) is 4.28. The highest BCUT2D eigenvalue weighted by Gasteiger charge is 2.27. The van der Waals surface area contributed by atoms with Gasteiger partial charge >= 0.3 is 0 Å². The van der Waals surface area contributed by atoms with E-state index in [1.54, 1.807) is 11.7 Å². The third-order valence-electron chi connectivity index (χ3n) is 4.28. The van der Waals surface area contributed by atoms with Crippen LogP contribution in [0.25, 0.3) is 0 Å². The molecule has 0 unspecified atom stereocenters. The van der Waals surface area contributed by atoms with Gasteiger partial charge in [0.2, 0.25) is 5.91 Å². The summed E-state index contributed by atoms with van der Waals surface area (Å²) in [5.41, 5.74) is 1.82. The van der Waals surface area contributed by atoms with Crippen molar-refractivity contribution in [2.75, 3.05) is 5.32 Å².